The Labute approximate surface area is 111 Å². The molecule has 0 atom stereocenters. The van der Waals surface area contributed by atoms with Crippen LogP contribution >= 0.6 is 0 Å². The summed E-state index contributed by atoms with van der Waals surface area (Å²) in [5.41, 5.74) is 8.73. The Morgan fingerprint density at radius 2 is 2.16 bits per heavy atom. The monoisotopic (exact) mass is 255 g/mol. The van der Waals surface area contributed by atoms with Crippen molar-refractivity contribution in [2.24, 2.45) is 0 Å². The Kier molecular flexibility index (Phi) is 2.81. The Morgan fingerprint density at radius 1 is 1.32 bits per heavy atom. The largest absolute Gasteiger partial charge is 0.382 e. The molecule has 3 aromatic rings. The molecule has 0 saturated heterocycles. The summed E-state index contributed by atoms with van der Waals surface area (Å²) >= 11 is 0. The van der Waals surface area contributed by atoms with Crippen LogP contribution in [-0.2, 0) is 13.0 Å². The van der Waals surface area contributed by atoms with Gasteiger partial charge in [-0.05, 0) is 25.0 Å². The van der Waals surface area contributed by atoms with Crippen LogP contribution < -0.4 is 5.73 Å². The maximum atomic E-state index is 6.03. The molecule has 0 radical (unpaired) electrons. The van der Waals surface area contributed by atoms with Crippen LogP contribution in [0.5, 0.6) is 0 Å². The lowest BCUT2D eigenvalue weighted by molar-refractivity contribution is 0.583. The molecule has 0 saturated carbocycles. The Morgan fingerprint density at radius 3 is 2.89 bits per heavy atom. The number of aryl methyl sites for hydroxylation is 2. The number of nitrogens with two attached hydrogens (primary N) is 1. The molecule has 98 valence electrons. The Hall–Kier alpha value is -2.17. The predicted molar refractivity (Wildman–Crippen MR) is 76.9 cm³/mol. The fourth-order valence-electron chi connectivity index (χ4n) is 2.56. The van der Waals surface area contributed by atoms with Crippen LogP contribution in [0.1, 0.15) is 26.0 Å². The van der Waals surface area contributed by atoms with Gasteiger partial charge in [-0.25, -0.2) is 9.97 Å². The number of fused-ring (bicyclic) bond motifs is 3. The van der Waals surface area contributed by atoms with Crippen molar-refractivity contribution in [3.63, 3.8) is 0 Å². The van der Waals surface area contributed by atoms with Crippen molar-refractivity contribution in [2.75, 3.05) is 5.73 Å². The van der Waals surface area contributed by atoms with Crippen molar-refractivity contribution in [1.82, 2.24) is 19.7 Å². The van der Waals surface area contributed by atoms with E-state index >= 15 is 0 Å². The minimum Gasteiger partial charge on any atom is -0.382 e. The van der Waals surface area contributed by atoms with Gasteiger partial charge in [0.1, 0.15) is 5.52 Å². The number of hydrogen-bond donors (Lipinski definition) is 1. The molecule has 19 heavy (non-hydrogen) atoms. The van der Waals surface area contributed by atoms with E-state index in [9.17, 15) is 0 Å². The fraction of sp³-hybridized carbons (Fsp3) is 0.357. The number of rotatable bonds is 3. The number of nitrogens with zero attached hydrogens (tertiary/aromatic N) is 4. The van der Waals surface area contributed by atoms with Gasteiger partial charge in [0.25, 0.3) is 0 Å². The van der Waals surface area contributed by atoms with Crippen LogP contribution in [0.3, 0.4) is 0 Å². The quantitative estimate of drug-likeness (QED) is 0.780. The van der Waals surface area contributed by atoms with E-state index in [0.717, 1.165) is 35.7 Å². The summed E-state index contributed by atoms with van der Waals surface area (Å²) in [5, 5.41) is 6.76. The molecule has 0 unspecified atom stereocenters. The molecule has 3 aromatic heterocycles. The van der Waals surface area contributed by atoms with E-state index in [1.165, 1.54) is 5.69 Å². The highest BCUT2D eigenvalue weighted by molar-refractivity contribution is 6.08. The van der Waals surface area contributed by atoms with Crippen molar-refractivity contribution in [3.05, 3.63) is 24.0 Å². The topological polar surface area (TPSA) is 69.6 Å². The summed E-state index contributed by atoms with van der Waals surface area (Å²) in [6.07, 6.45) is 3.71. The van der Waals surface area contributed by atoms with Crippen molar-refractivity contribution >= 4 is 27.8 Å². The number of aromatic nitrogens is 4. The minimum absolute atomic E-state index is 0.464. The molecule has 5 nitrogen and oxygen atoms in total. The lowest BCUT2D eigenvalue weighted by Gasteiger charge is -2.04. The highest BCUT2D eigenvalue weighted by atomic mass is 15.3. The first-order chi connectivity index (χ1) is 9.26. The summed E-state index contributed by atoms with van der Waals surface area (Å²) in [6, 6.07) is 3.96. The highest BCUT2D eigenvalue weighted by Crippen LogP contribution is 2.29. The standard InChI is InChI=1S/C14H17N5/c1-3-8-19-10(4-2)11-9-6-5-7-16-14(9)17-13(15)12(11)18-19/h5-7H,3-4,8H2,1-2H3,(H2,15,16,17). The SMILES string of the molecule is CCCn1nc2c(N)nc3ncccc3c2c1CC. The third-order valence-corrected chi connectivity index (χ3v) is 3.35. The van der Waals surface area contributed by atoms with Crippen LogP contribution in [-0.4, -0.2) is 19.7 Å². The number of anilines is 1. The van der Waals surface area contributed by atoms with Crippen molar-refractivity contribution in [3.8, 4) is 0 Å². The first kappa shape index (κ1) is 11.9. The first-order valence-electron chi connectivity index (χ1n) is 6.65. The maximum absolute atomic E-state index is 6.03. The predicted octanol–water partition coefficient (Wildman–Crippen LogP) is 2.53. The van der Waals surface area contributed by atoms with E-state index in [4.69, 9.17) is 5.73 Å². The zero-order valence-electron chi connectivity index (χ0n) is 11.2. The molecule has 0 bridgehead atoms. The Bertz CT molecular complexity index is 744. The van der Waals surface area contributed by atoms with E-state index < -0.39 is 0 Å². The number of nitrogen functional groups attached to an aromatic ring is 1. The average molecular weight is 255 g/mol. The molecule has 3 rings (SSSR count). The Balaban J connectivity index is 2.47. The van der Waals surface area contributed by atoms with Gasteiger partial charge in [0.05, 0.1) is 0 Å². The molecule has 0 aromatic carbocycles. The average Bonchev–Trinajstić information content (AvgIpc) is 2.78. The summed E-state index contributed by atoms with van der Waals surface area (Å²) < 4.78 is 2.05. The van der Waals surface area contributed by atoms with Gasteiger partial charge >= 0.3 is 0 Å². The van der Waals surface area contributed by atoms with Gasteiger partial charge in [-0.15, -0.1) is 0 Å². The van der Waals surface area contributed by atoms with Gasteiger partial charge in [-0.3, -0.25) is 4.68 Å². The molecule has 0 fully saturated rings. The van der Waals surface area contributed by atoms with Gasteiger partial charge in [0, 0.05) is 29.2 Å². The van der Waals surface area contributed by atoms with E-state index in [-0.39, 0.29) is 0 Å². The molecule has 2 N–H and O–H groups in total. The second-order valence-corrected chi connectivity index (χ2v) is 4.62. The van der Waals surface area contributed by atoms with E-state index in [1.807, 2.05) is 12.1 Å². The summed E-state index contributed by atoms with van der Waals surface area (Å²) in [4.78, 5) is 8.64. The summed E-state index contributed by atoms with van der Waals surface area (Å²) in [6.45, 7) is 5.19. The van der Waals surface area contributed by atoms with Crippen LogP contribution in [0, 0.1) is 0 Å². The highest BCUT2D eigenvalue weighted by Gasteiger charge is 2.16. The third-order valence-electron chi connectivity index (χ3n) is 3.35. The summed E-state index contributed by atoms with van der Waals surface area (Å²) in [5.74, 6) is 0.464. The van der Waals surface area contributed by atoms with Crippen molar-refractivity contribution in [1.29, 1.82) is 0 Å². The van der Waals surface area contributed by atoms with Crippen LogP contribution in [0.2, 0.25) is 0 Å². The third kappa shape index (κ3) is 1.73. The molecule has 5 heteroatoms. The van der Waals surface area contributed by atoms with Gasteiger partial charge in [0.15, 0.2) is 11.5 Å². The van der Waals surface area contributed by atoms with Crippen molar-refractivity contribution in [2.45, 2.75) is 33.2 Å². The molecule has 0 spiro atoms. The van der Waals surface area contributed by atoms with E-state index in [0.29, 0.717) is 11.5 Å². The number of pyridine rings is 2. The second kappa shape index (κ2) is 4.50. The second-order valence-electron chi connectivity index (χ2n) is 4.62. The molecular formula is C14H17N5. The zero-order chi connectivity index (χ0) is 13.4. The van der Waals surface area contributed by atoms with Gasteiger partial charge in [-0.1, -0.05) is 13.8 Å². The molecular weight excluding hydrogens is 238 g/mol. The van der Waals surface area contributed by atoms with Gasteiger partial charge in [-0.2, -0.15) is 5.10 Å². The lowest BCUT2D eigenvalue weighted by atomic mass is 10.1. The zero-order valence-corrected chi connectivity index (χ0v) is 11.2. The van der Waals surface area contributed by atoms with E-state index in [2.05, 4.69) is 33.6 Å². The normalized spacial score (nSPS) is 11.5. The van der Waals surface area contributed by atoms with E-state index in [1.54, 1.807) is 6.20 Å². The van der Waals surface area contributed by atoms with Gasteiger partial charge < -0.3 is 5.73 Å². The van der Waals surface area contributed by atoms with Gasteiger partial charge in [0.2, 0.25) is 0 Å². The maximum Gasteiger partial charge on any atom is 0.162 e. The first-order valence-corrected chi connectivity index (χ1v) is 6.65. The molecule has 3 heterocycles. The van der Waals surface area contributed by atoms with Crippen LogP contribution in [0.15, 0.2) is 18.3 Å². The minimum atomic E-state index is 0.464. The van der Waals surface area contributed by atoms with Crippen LogP contribution in [0.4, 0.5) is 5.82 Å². The number of hydrogen-bond acceptors (Lipinski definition) is 4. The molecule has 0 aliphatic rings. The van der Waals surface area contributed by atoms with Crippen LogP contribution in [0.25, 0.3) is 21.9 Å². The van der Waals surface area contributed by atoms with Crippen molar-refractivity contribution < 1.29 is 0 Å². The smallest absolute Gasteiger partial charge is 0.162 e. The summed E-state index contributed by atoms with van der Waals surface area (Å²) in [7, 11) is 0. The molecule has 0 aliphatic heterocycles. The lowest BCUT2D eigenvalue weighted by Crippen LogP contribution is -2.03. The molecule has 0 amide bonds. The fourth-order valence-corrected chi connectivity index (χ4v) is 2.56. The molecule has 0 aliphatic carbocycles.